The smallest absolute Gasteiger partial charge is 0.223 e. The molecule has 7 nitrogen and oxygen atoms in total. The molecule has 2 fully saturated rings. The minimum Gasteiger partial charge on any atom is -0.399 e. The maximum atomic E-state index is 6.15. The van der Waals surface area contributed by atoms with Crippen molar-refractivity contribution in [3.8, 4) is 22.5 Å². The lowest BCUT2D eigenvalue weighted by molar-refractivity contribution is 0.742. The maximum absolute atomic E-state index is 6.15. The molecule has 0 radical (unpaired) electrons. The molecule has 4 aromatic rings. The molecule has 1 aromatic carbocycles. The van der Waals surface area contributed by atoms with Gasteiger partial charge in [-0.05, 0) is 56.0 Å². The summed E-state index contributed by atoms with van der Waals surface area (Å²) in [7, 11) is 0. The molecule has 6 rings (SSSR count). The monoisotopic (exact) mass is 453 g/mol. The summed E-state index contributed by atoms with van der Waals surface area (Å²) in [5.74, 6) is 1.70. The normalized spacial score (nSPS) is 16.9. The number of nitrogens with one attached hydrogen (secondary N) is 2. The zero-order valence-corrected chi connectivity index (χ0v) is 19.4. The Labute approximate surface area is 199 Å². The van der Waals surface area contributed by atoms with Crippen molar-refractivity contribution >= 4 is 23.0 Å². The van der Waals surface area contributed by atoms with Gasteiger partial charge >= 0.3 is 0 Å². The van der Waals surface area contributed by atoms with Gasteiger partial charge in [0, 0.05) is 29.5 Å². The van der Waals surface area contributed by atoms with Gasteiger partial charge < -0.3 is 16.4 Å². The Kier molecular flexibility index (Phi) is 5.53. The van der Waals surface area contributed by atoms with Gasteiger partial charge in [-0.25, -0.2) is 14.5 Å². The summed E-state index contributed by atoms with van der Waals surface area (Å²) < 4.78 is 2.03. The fourth-order valence-electron chi connectivity index (χ4n) is 5.42. The topological polar surface area (TPSA) is 93.2 Å². The second kappa shape index (κ2) is 8.97. The van der Waals surface area contributed by atoms with E-state index in [0.29, 0.717) is 18.0 Å². The van der Waals surface area contributed by atoms with E-state index in [1.54, 1.807) is 0 Å². The molecule has 34 heavy (non-hydrogen) atoms. The number of nitrogen functional groups attached to an aromatic ring is 1. The summed E-state index contributed by atoms with van der Waals surface area (Å²) in [5, 5.41) is 12.4. The predicted molar refractivity (Wildman–Crippen MR) is 138 cm³/mol. The molecule has 0 aliphatic heterocycles. The van der Waals surface area contributed by atoms with E-state index in [0.717, 1.165) is 39.5 Å². The molecule has 4 N–H and O–H groups in total. The average Bonchev–Trinajstić information content (AvgIpc) is 3.61. The molecule has 2 saturated carbocycles. The number of hydrogen-bond donors (Lipinski definition) is 3. The Hall–Kier alpha value is -3.61. The van der Waals surface area contributed by atoms with Crippen LogP contribution in [0, 0.1) is 0 Å². The van der Waals surface area contributed by atoms with Gasteiger partial charge in [0.25, 0.3) is 0 Å². The Morgan fingerprint density at radius 3 is 2.35 bits per heavy atom. The summed E-state index contributed by atoms with van der Waals surface area (Å²) in [6.45, 7) is 0. The first kappa shape index (κ1) is 21.0. The van der Waals surface area contributed by atoms with E-state index in [9.17, 15) is 0 Å². The van der Waals surface area contributed by atoms with Gasteiger partial charge in [0.15, 0.2) is 0 Å². The molecule has 0 amide bonds. The van der Waals surface area contributed by atoms with Crippen LogP contribution in [-0.4, -0.2) is 31.7 Å². The van der Waals surface area contributed by atoms with Crippen molar-refractivity contribution in [3.05, 3.63) is 54.7 Å². The Bertz CT molecular complexity index is 1300. The van der Waals surface area contributed by atoms with Crippen LogP contribution in [0.5, 0.6) is 0 Å². The SMILES string of the molecule is Nc1cccc(-c2nn3c(NC4CCCC4)cccc3c2-c2ccnc(NC3CCCC3)n2)c1. The number of hydrogen-bond acceptors (Lipinski definition) is 6. The van der Waals surface area contributed by atoms with Crippen LogP contribution in [0.4, 0.5) is 17.5 Å². The van der Waals surface area contributed by atoms with Gasteiger partial charge in [0.1, 0.15) is 11.5 Å². The molecule has 0 bridgehead atoms. The van der Waals surface area contributed by atoms with Crippen LogP contribution in [0.15, 0.2) is 54.7 Å². The highest BCUT2D eigenvalue weighted by Crippen LogP contribution is 2.37. The van der Waals surface area contributed by atoms with Crippen LogP contribution >= 0.6 is 0 Å². The third-order valence-corrected chi connectivity index (χ3v) is 7.12. The van der Waals surface area contributed by atoms with Crippen LogP contribution in [-0.2, 0) is 0 Å². The Morgan fingerprint density at radius 1 is 0.853 bits per heavy atom. The number of nitrogens with two attached hydrogens (primary N) is 1. The molecule has 0 unspecified atom stereocenters. The van der Waals surface area contributed by atoms with E-state index in [2.05, 4.69) is 39.9 Å². The minimum atomic E-state index is 0.453. The highest BCUT2D eigenvalue weighted by molar-refractivity contribution is 5.92. The van der Waals surface area contributed by atoms with E-state index < -0.39 is 0 Å². The number of pyridine rings is 1. The second-order valence-corrected chi connectivity index (χ2v) is 9.57. The van der Waals surface area contributed by atoms with E-state index in [1.807, 2.05) is 35.0 Å². The number of nitrogens with zero attached hydrogens (tertiary/aromatic N) is 4. The lowest BCUT2D eigenvalue weighted by Gasteiger charge is -2.14. The average molecular weight is 454 g/mol. The van der Waals surface area contributed by atoms with E-state index >= 15 is 0 Å². The van der Waals surface area contributed by atoms with Gasteiger partial charge in [-0.2, -0.15) is 5.10 Å². The molecule has 0 spiro atoms. The third-order valence-electron chi connectivity index (χ3n) is 7.12. The minimum absolute atomic E-state index is 0.453. The molecule has 0 atom stereocenters. The molecule has 3 heterocycles. The fourth-order valence-corrected chi connectivity index (χ4v) is 5.42. The van der Waals surface area contributed by atoms with Gasteiger partial charge in [-0.3, -0.25) is 0 Å². The molecule has 0 saturated heterocycles. The fraction of sp³-hybridized carbons (Fsp3) is 0.370. The maximum Gasteiger partial charge on any atom is 0.223 e. The van der Waals surface area contributed by atoms with Gasteiger partial charge in [0.2, 0.25) is 5.95 Å². The van der Waals surface area contributed by atoms with E-state index in [-0.39, 0.29) is 0 Å². The summed E-state index contributed by atoms with van der Waals surface area (Å²) >= 11 is 0. The Balaban J connectivity index is 1.48. The zero-order valence-electron chi connectivity index (χ0n) is 19.4. The summed E-state index contributed by atoms with van der Waals surface area (Å²) in [5.41, 5.74) is 11.6. The summed E-state index contributed by atoms with van der Waals surface area (Å²) in [4.78, 5) is 9.46. The first-order valence-corrected chi connectivity index (χ1v) is 12.5. The zero-order chi connectivity index (χ0) is 22.9. The number of aromatic nitrogens is 4. The van der Waals surface area contributed by atoms with Crippen LogP contribution in [0.25, 0.3) is 28.0 Å². The largest absolute Gasteiger partial charge is 0.399 e. The Morgan fingerprint density at radius 2 is 1.59 bits per heavy atom. The molecule has 174 valence electrons. The number of fused-ring (bicyclic) bond motifs is 1. The van der Waals surface area contributed by atoms with Crippen molar-refractivity contribution in [1.29, 1.82) is 0 Å². The van der Waals surface area contributed by atoms with Gasteiger partial charge in [0.05, 0.1) is 16.8 Å². The third kappa shape index (κ3) is 4.06. The van der Waals surface area contributed by atoms with E-state index in [1.165, 1.54) is 51.4 Å². The van der Waals surface area contributed by atoms with E-state index in [4.69, 9.17) is 15.8 Å². The molecule has 7 heteroatoms. The van der Waals surface area contributed by atoms with Crippen molar-refractivity contribution in [2.45, 2.75) is 63.5 Å². The molecule has 2 aliphatic carbocycles. The van der Waals surface area contributed by atoms with Crippen molar-refractivity contribution in [2.24, 2.45) is 0 Å². The summed E-state index contributed by atoms with van der Waals surface area (Å²) in [6.07, 6.45) is 11.7. The van der Waals surface area contributed by atoms with Crippen LogP contribution in [0.1, 0.15) is 51.4 Å². The lowest BCUT2D eigenvalue weighted by Crippen LogP contribution is -2.17. The number of rotatable bonds is 6. The van der Waals surface area contributed by atoms with Gasteiger partial charge in [-0.15, -0.1) is 0 Å². The van der Waals surface area contributed by atoms with Crippen molar-refractivity contribution in [1.82, 2.24) is 19.6 Å². The predicted octanol–water partition coefficient (Wildman–Crippen LogP) is 5.75. The first-order valence-electron chi connectivity index (χ1n) is 12.5. The van der Waals surface area contributed by atoms with Crippen LogP contribution in [0.3, 0.4) is 0 Å². The standard InChI is InChI=1S/C27H31N7/c28-19-8-5-7-18(17-19)26-25(22-15-16-29-27(32-22)31-21-11-3-4-12-21)23-13-6-14-24(34(23)33-26)30-20-9-1-2-10-20/h5-8,13-17,20-21,30H,1-4,9-12,28H2,(H,29,31,32). The molecule has 2 aliphatic rings. The quantitative estimate of drug-likeness (QED) is 0.322. The van der Waals surface area contributed by atoms with Gasteiger partial charge in [-0.1, -0.05) is 43.9 Å². The van der Waals surface area contributed by atoms with Crippen molar-refractivity contribution in [3.63, 3.8) is 0 Å². The van der Waals surface area contributed by atoms with Crippen molar-refractivity contribution < 1.29 is 0 Å². The highest BCUT2D eigenvalue weighted by atomic mass is 15.3. The lowest BCUT2D eigenvalue weighted by atomic mass is 10.0. The number of anilines is 3. The molecular formula is C27H31N7. The van der Waals surface area contributed by atoms with Crippen LogP contribution < -0.4 is 16.4 Å². The first-order chi connectivity index (χ1) is 16.7. The van der Waals surface area contributed by atoms with Crippen LogP contribution in [0.2, 0.25) is 0 Å². The number of benzene rings is 1. The van der Waals surface area contributed by atoms with Crippen molar-refractivity contribution in [2.75, 3.05) is 16.4 Å². The molecular weight excluding hydrogens is 422 g/mol. The second-order valence-electron chi connectivity index (χ2n) is 9.57. The summed E-state index contributed by atoms with van der Waals surface area (Å²) in [6, 6.07) is 17.2. The molecule has 3 aromatic heterocycles. The highest BCUT2D eigenvalue weighted by Gasteiger charge is 2.22.